The van der Waals surface area contributed by atoms with Gasteiger partial charge in [-0.15, -0.1) is 0 Å². The third-order valence-corrected chi connectivity index (χ3v) is 3.94. The van der Waals surface area contributed by atoms with Gasteiger partial charge in [0.15, 0.2) is 0 Å². The van der Waals surface area contributed by atoms with Gasteiger partial charge in [0.05, 0.1) is 5.69 Å². The second kappa shape index (κ2) is 4.35. The molecule has 1 atom stereocenters. The van der Waals surface area contributed by atoms with E-state index in [0.717, 1.165) is 25.8 Å². The second-order valence-corrected chi connectivity index (χ2v) is 5.23. The third kappa shape index (κ3) is 2.07. The van der Waals surface area contributed by atoms with Gasteiger partial charge in [0, 0.05) is 12.8 Å². The molecular weight excluding hydrogens is 206 g/mol. The molecule has 2 rings (SSSR count). The predicted octanol–water partition coefficient (Wildman–Crippen LogP) is 2.30. The zero-order valence-electron chi connectivity index (χ0n) is 9.32. The minimum atomic E-state index is -0.889. The summed E-state index contributed by atoms with van der Waals surface area (Å²) in [6, 6.07) is 6.52. The molecule has 1 aliphatic rings. The SMILES string of the molecule is CCc1ccc2c(c1)CCCN2S(C)=O. The minimum absolute atomic E-state index is 0.889. The zero-order valence-corrected chi connectivity index (χ0v) is 10.1. The maximum Gasteiger partial charge on any atom is 0.116 e. The number of hydrogen-bond donors (Lipinski definition) is 0. The average molecular weight is 223 g/mol. The molecule has 1 aromatic carbocycles. The van der Waals surface area contributed by atoms with Gasteiger partial charge in [0.25, 0.3) is 0 Å². The highest BCUT2D eigenvalue weighted by Gasteiger charge is 2.18. The van der Waals surface area contributed by atoms with E-state index in [0.29, 0.717) is 0 Å². The average Bonchev–Trinajstić information content (AvgIpc) is 2.27. The van der Waals surface area contributed by atoms with E-state index in [9.17, 15) is 4.21 Å². The van der Waals surface area contributed by atoms with Crippen LogP contribution in [0.15, 0.2) is 18.2 Å². The Morgan fingerprint density at radius 3 is 2.93 bits per heavy atom. The standard InChI is InChI=1S/C12H17NOS/c1-3-10-6-7-12-11(9-10)5-4-8-13(12)15(2)14/h6-7,9H,3-5,8H2,1-2H3. The maximum atomic E-state index is 11.6. The van der Waals surface area contributed by atoms with E-state index in [1.807, 2.05) is 4.31 Å². The number of fused-ring (bicyclic) bond motifs is 1. The van der Waals surface area contributed by atoms with Crippen molar-refractivity contribution in [1.29, 1.82) is 0 Å². The summed E-state index contributed by atoms with van der Waals surface area (Å²) in [5, 5.41) is 0. The van der Waals surface area contributed by atoms with E-state index in [1.165, 1.54) is 16.8 Å². The Balaban J connectivity index is 2.40. The molecule has 0 saturated heterocycles. The summed E-state index contributed by atoms with van der Waals surface area (Å²) in [5.74, 6) is 0. The van der Waals surface area contributed by atoms with Crippen LogP contribution in [-0.4, -0.2) is 17.0 Å². The van der Waals surface area contributed by atoms with E-state index < -0.39 is 11.0 Å². The van der Waals surface area contributed by atoms with Gasteiger partial charge < -0.3 is 0 Å². The molecule has 0 radical (unpaired) electrons. The van der Waals surface area contributed by atoms with Crippen LogP contribution in [0.2, 0.25) is 0 Å². The van der Waals surface area contributed by atoms with Gasteiger partial charge in [-0.1, -0.05) is 19.1 Å². The molecule has 2 nitrogen and oxygen atoms in total. The summed E-state index contributed by atoms with van der Waals surface area (Å²) in [4.78, 5) is 0. The predicted molar refractivity (Wildman–Crippen MR) is 65.6 cm³/mol. The van der Waals surface area contributed by atoms with Crippen molar-refractivity contribution in [3.05, 3.63) is 29.3 Å². The molecule has 1 aliphatic heterocycles. The van der Waals surface area contributed by atoms with Crippen molar-refractivity contribution in [2.24, 2.45) is 0 Å². The molecule has 82 valence electrons. The number of hydrogen-bond acceptors (Lipinski definition) is 1. The van der Waals surface area contributed by atoms with E-state index in [4.69, 9.17) is 0 Å². The Labute approximate surface area is 93.9 Å². The molecule has 0 spiro atoms. The van der Waals surface area contributed by atoms with Gasteiger partial charge in [-0.05, 0) is 36.5 Å². The highest BCUT2D eigenvalue weighted by Crippen LogP contribution is 2.28. The summed E-state index contributed by atoms with van der Waals surface area (Å²) in [7, 11) is -0.889. The lowest BCUT2D eigenvalue weighted by molar-refractivity contribution is 0.676. The largest absolute Gasteiger partial charge is 0.292 e. The van der Waals surface area contributed by atoms with Gasteiger partial charge in [0.1, 0.15) is 11.0 Å². The molecular formula is C12H17NOS. The van der Waals surface area contributed by atoms with Crippen LogP contribution in [0.3, 0.4) is 0 Å². The first-order chi connectivity index (χ1) is 7.22. The second-order valence-electron chi connectivity index (χ2n) is 3.95. The zero-order chi connectivity index (χ0) is 10.8. The van der Waals surface area contributed by atoms with Crippen molar-refractivity contribution in [1.82, 2.24) is 0 Å². The Bertz CT molecular complexity index is 389. The van der Waals surface area contributed by atoms with Gasteiger partial charge in [-0.3, -0.25) is 4.31 Å². The Hall–Kier alpha value is -0.830. The minimum Gasteiger partial charge on any atom is -0.292 e. The lowest BCUT2D eigenvalue weighted by atomic mass is 10.00. The molecule has 0 amide bonds. The Morgan fingerprint density at radius 2 is 2.27 bits per heavy atom. The third-order valence-electron chi connectivity index (χ3n) is 2.94. The van der Waals surface area contributed by atoms with Crippen LogP contribution >= 0.6 is 0 Å². The molecule has 15 heavy (non-hydrogen) atoms. The maximum absolute atomic E-state index is 11.6. The lowest BCUT2D eigenvalue weighted by Gasteiger charge is -2.29. The van der Waals surface area contributed by atoms with Crippen LogP contribution < -0.4 is 4.31 Å². The summed E-state index contributed by atoms with van der Waals surface area (Å²) < 4.78 is 13.6. The first kappa shape index (κ1) is 10.7. The summed E-state index contributed by atoms with van der Waals surface area (Å²) in [6.07, 6.45) is 5.06. The van der Waals surface area contributed by atoms with E-state index in [2.05, 4.69) is 25.1 Å². The first-order valence-corrected chi connectivity index (χ1v) is 6.96. The first-order valence-electron chi connectivity index (χ1n) is 5.45. The summed E-state index contributed by atoms with van der Waals surface area (Å²) in [6.45, 7) is 3.09. The smallest absolute Gasteiger partial charge is 0.116 e. The number of anilines is 1. The molecule has 1 aromatic rings. The van der Waals surface area contributed by atoms with Crippen molar-refractivity contribution in [3.63, 3.8) is 0 Å². The highest BCUT2D eigenvalue weighted by atomic mass is 32.2. The van der Waals surface area contributed by atoms with Crippen molar-refractivity contribution in [2.45, 2.75) is 26.2 Å². The fourth-order valence-electron chi connectivity index (χ4n) is 2.10. The Kier molecular flexibility index (Phi) is 3.10. The molecule has 1 unspecified atom stereocenters. The molecule has 0 bridgehead atoms. The van der Waals surface area contributed by atoms with Gasteiger partial charge in [-0.2, -0.15) is 0 Å². The van der Waals surface area contributed by atoms with Gasteiger partial charge in [0.2, 0.25) is 0 Å². The monoisotopic (exact) mass is 223 g/mol. The quantitative estimate of drug-likeness (QED) is 0.753. The van der Waals surface area contributed by atoms with Crippen LogP contribution in [-0.2, 0) is 23.8 Å². The van der Waals surface area contributed by atoms with Gasteiger partial charge in [-0.25, -0.2) is 4.21 Å². The fourth-order valence-corrected chi connectivity index (χ4v) is 2.94. The molecule has 0 N–H and O–H groups in total. The van der Waals surface area contributed by atoms with Crippen LogP contribution in [0, 0.1) is 0 Å². The van der Waals surface area contributed by atoms with Crippen molar-refractivity contribution in [2.75, 3.05) is 17.1 Å². The van der Waals surface area contributed by atoms with E-state index in [1.54, 1.807) is 6.26 Å². The van der Waals surface area contributed by atoms with Crippen LogP contribution in [0.1, 0.15) is 24.5 Å². The van der Waals surface area contributed by atoms with Crippen molar-refractivity contribution in [3.8, 4) is 0 Å². The normalized spacial score (nSPS) is 17.3. The lowest BCUT2D eigenvalue weighted by Crippen LogP contribution is -2.30. The molecule has 3 heteroatoms. The topological polar surface area (TPSA) is 20.3 Å². The van der Waals surface area contributed by atoms with Crippen LogP contribution in [0.25, 0.3) is 0 Å². The van der Waals surface area contributed by atoms with Gasteiger partial charge >= 0.3 is 0 Å². The van der Waals surface area contributed by atoms with Crippen molar-refractivity contribution >= 4 is 16.7 Å². The number of aryl methyl sites for hydroxylation is 2. The fraction of sp³-hybridized carbons (Fsp3) is 0.500. The van der Waals surface area contributed by atoms with E-state index >= 15 is 0 Å². The molecule has 0 saturated carbocycles. The van der Waals surface area contributed by atoms with Crippen molar-refractivity contribution < 1.29 is 4.21 Å². The Morgan fingerprint density at radius 1 is 1.47 bits per heavy atom. The van der Waals surface area contributed by atoms with E-state index in [-0.39, 0.29) is 0 Å². The number of benzene rings is 1. The molecule has 0 fully saturated rings. The number of rotatable bonds is 2. The number of nitrogens with zero attached hydrogens (tertiary/aromatic N) is 1. The summed E-state index contributed by atoms with van der Waals surface area (Å²) in [5.41, 5.74) is 3.90. The summed E-state index contributed by atoms with van der Waals surface area (Å²) >= 11 is 0. The molecule has 0 aliphatic carbocycles. The molecule has 1 heterocycles. The molecule has 0 aromatic heterocycles. The van der Waals surface area contributed by atoms with Crippen LogP contribution in [0.4, 0.5) is 5.69 Å². The van der Waals surface area contributed by atoms with Crippen LogP contribution in [0.5, 0.6) is 0 Å². The highest BCUT2D eigenvalue weighted by molar-refractivity contribution is 7.85.